The summed E-state index contributed by atoms with van der Waals surface area (Å²) < 4.78 is 0. The molecule has 2 rings (SSSR count). The average molecular weight is 308 g/mol. The van der Waals surface area contributed by atoms with Gasteiger partial charge in [-0.25, -0.2) is 0 Å². The van der Waals surface area contributed by atoms with Crippen molar-refractivity contribution >= 4 is 29.3 Å². The first kappa shape index (κ1) is 16.5. The van der Waals surface area contributed by atoms with Crippen LogP contribution in [0, 0.1) is 13.8 Å². The Morgan fingerprint density at radius 2 is 1.57 bits per heavy atom. The summed E-state index contributed by atoms with van der Waals surface area (Å²) >= 11 is 0. The van der Waals surface area contributed by atoms with Crippen LogP contribution in [0.25, 0.3) is 6.08 Å². The standard InChI is InChI=1S/C19H20N2O2/c1-13-7-4-5-8-16(13)11-12-19(23)21-18-10-6-9-17(14(18)2)20-15(3)22/h4-12H,1-3H3,(H,20,22)(H,21,23)/b12-11+. The van der Waals surface area contributed by atoms with Crippen molar-refractivity contribution in [3.63, 3.8) is 0 Å². The summed E-state index contributed by atoms with van der Waals surface area (Å²) in [6, 6.07) is 13.3. The molecule has 0 heterocycles. The second-order valence-corrected chi connectivity index (χ2v) is 5.34. The Labute approximate surface area is 136 Å². The maximum Gasteiger partial charge on any atom is 0.248 e. The van der Waals surface area contributed by atoms with Crippen molar-refractivity contribution in [1.82, 2.24) is 0 Å². The lowest BCUT2D eigenvalue weighted by atomic mass is 10.1. The first-order valence-corrected chi connectivity index (χ1v) is 7.39. The minimum absolute atomic E-state index is 0.143. The van der Waals surface area contributed by atoms with Crippen LogP contribution in [0.4, 0.5) is 11.4 Å². The number of nitrogens with one attached hydrogen (secondary N) is 2. The van der Waals surface area contributed by atoms with Crippen LogP contribution in [-0.2, 0) is 9.59 Å². The summed E-state index contributed by atoms with van der Waals surface area (Å²) in [6.45, 7) is 5.31. The zero-order chi connectivity index (χ0) is 16.8. The number of anilines is 2. The molecule has 0 bridgehead atoms. The molecule has 0 atom stereocenters. The molecule has 0 saturated heterocycles. The fourth-order valence-corrected chi connectivity index (χ4v) is 2.21. The summed E-state index contributed by atoms with van der Waals surface area (Å²) in [5.41, 5.74) is 4.31. The molecular formula is C19H20N2O2. The molecule has 2 amide bonds. The maximum absolute atomic E-state index is 12.1. The van der Waals surface area contributed by atoms with Crippen LogP contribution in [-0.4, -0.2) is 11.8 Å². The smallest absolute Gasteiger partial charge is 0.248 e. The first-order valence-electron chi connectivity index (χ1n) is 7.39. The minimum atomic E-state index is -0.212. The molecule has 2 N–H and O–H groups in total. The molecule has 0 spiro atoms. The monoisotopic (exact) mass is 308 g/mol. The fraction of sp³-hybridized carbons (Fsp3) is 0.158. The van der Waals surface area contributed by atoms with E-state index in [1.807, 2.05) is 38.1 Å². The fourth-order valence-electron chi connectivity index (χ4n) is 2.21. The van der Waals surface area contributed by atoms with Gasteiger partial charge in [0, 0.05) is 24.4 Å². The predicted octanol–water partition coefficient (Wildman–Crippen LogP) is 3.91. The molecule has 0 fully saturated rings. The van der Waals surface area contributed by atoms with E-state index >= 15 is 0 Å². The van der Waals surface area contributed by atoms with Gasteiger partial charge in [0.1, 0.15) is 0 Å². The van der Waals surface area contributed by atoms with Gasteiger partial charge in [0.2, 0.25) is 11.8 Å². The van der Waals surface area contributed by atoms with Crippen LogP contribution >= 0.6 is 0 Å². The molecule has 0 aliphatic rings. The molecule has 0 aliphatic heterocycles. The van der Waals surface area contributed by atoms with Crippen molar-refractivity contribution in [3.8, 4) is 0 Å². The summed E-state index contributed by atoms with van der Waals surface area (Å²) in [4.78, 5) is 23.3. The quantitative estimate of drug-likeness (QED) is 0.841. The summed E-state index contributed by atoms with van der Waals surface area (Å²) in [6.07, 6.45) is 3.30. The highest BCUT2D eigenvalue weighted by atomic mass is 16.2. The number of carbonyl (C=O) groups excluding carboxylic acids is 2. The summed E-state index contributed by atoms with van der Waals surface area (Å²) in [5.74, 6) is -0.354. The van der Waals surface area contributed by atoms with Crippen LogP contribution in [0.15, 0.2) is 48.5 Å². The number of carbonyl (C=O) groups is 2. The van der Waals surface area contributed by atoms with Gasteiger partial charge in [-0.15, -0.1) is 0 Å². The van der Waals surface area contributed by atoms with Gasteiger partial charge in [0.05, 0.1) is 0 Å². The van der Waals surface area contributed by atoms with Crippen molar-refractivity contribution in [3.05, 3.63) is 65.2 Å². The van der Waals surface area contributed by atoms with Crippen LogP contribution in [0.3, 0.4) is 0 Å². The lowest BCUT2D eigenvalue weighted by Crippen LogP contribution is -2.12. The van der Waals surface area contributed by atoms with Gasteiger partial charge >= 0.3 is 0 Å². The highest BCUT2D eigenvalue weighted by molar-refractivity contribution is 6.03. The van der Waals surface area contributed by atoms with E-state index in [0.29, 0.717) is 11.4 Å². The van der Waals surface area contributed by atoms with Gasteiger partial charge in [-0.1, -0.05) is 30.3 Å². The highest BCUT2D eigenvalue weighted by Gasteiger charge is 2.07. The molecule has 0 radical (unpaired) electrons. The van der Waals surface area contributed by atoms with E-state index < -0.39 is 0 Å². The third-order valence-electron chi connectivity index (χ3n) is 3.51. The van der Waals surface area contributed by atoms with E-state index in [1.165, 1.54) is 13.0 Å². The van der Waals surface area contributed by atoms with Gasteiger partial charge in [-0.2, -0.15) is 0 Å². The Balaban J connectivity index is 2.12. The molecular weight excluding hydrogens is 288 g/mol. The Morgan fingerprint density at radius 3 is 2.22 bits per heavy atom. The molecule has 0 aromatic heterocycles. The number of amides is 2. The van der Waals surface area contributed by atoms with Crippen molar-refractivity contribution in [1.29, 1.82) is 0 Å². The van der Waals surface area contributed by atoms with E-state index in [4.69, 9.17) is 0 Å². The van der Waals surface area contributed by atoms with Gasteiger partial charge < -0.3 is 10.6 Å². The van der Waals surface area contributed by atoms with Crippen LogP contribution < -0.4 is 10.6 Å². The third kappa shape index (κ3) is 4.54. The number of hydrogen-bond acceptors (Lipinski definition) is 2. The molecule has 118 valence electrons. The first-order chi connectivity index (χ1) is 11.0. The van der Waals surface area contributed by atoms with E-state index in [9.17, 15) is 9.59 Å². The molecule has 2 aromatic rings. The molecule has 4 nitrogen and oxygen atoms in total. The second kappa shape index (κ2) is 7.40. The predicted molar refractivity (Wildman–Crippen MR) is 94.3 cm³/mol. The van der Waals surface area contributed by atoms with Crippen LogP contribution in [0.1, 0.15) is 23.6 Å². The number of aryl methyl sites for hydroxylation is 1. The average Bonchev–Trinajstić information content (AvgIpc) is 2.50. The minimum Gasteiger partial charge on any atom is -0.326 e. The van der Waals surface area contributed by atoms with Crippen LogP contribution in [0.2, 0.25) is 0 Å². The number of rotatable bonds is 4. The third-order valence-corrected chi connectivity index (χ3v) is 3.51. The van der Waals surface area contributed by atoms with Gasteiger partial charge in [-0.3, -0.25) is 9.59 Å². The second-order valence-electron chi connectivity index (χ2n) is 5.34. The van der Waals surface area contributed by atoms with E-state index in [1.54, 1.807) is 24.3 Å². The SMILES string of the molecule is CC(=O)Nc1cccc(NC(=O)/C=C/c2ccccc2C)c1C. The zero-order valence-corrected chi connectivity index (χ0v) is 13.5. The lowest BCUT2D eigenvalue weighted by Gasteiger charge is -2.11. The van der Waals surface area contributed by atoms with E-state index in [0.717, 1.165) is 16.7 Å². The topological polar surface area (TPSA) is 58.2 Å². The molecule has 23 heavy (non-hydrogen) atoms. The lowest BCUT2D eigenvalue weighted by molar-refractivity contribution is -0.114. The molecule has 4 heteroatoms. The zero-order valence-electron chi connectivity index (χ0n) is 13.5. The Hall–Kier alpha value is -2.88. The maximum atomic E-state index is 12.1. The molecule has 0 saturated carbocycles. The van der Waals surface area contributed by atoms with Crippen molar-refractivity contribution in [2.75, 3.05) is 10.6 Å². The molecule has 0 aliphatic carbocycles. The Morgan fingerprint density at radius 1 is 0.913 bits per heavy atom. The van der Waals surface area contributed by atoms with Crippen molar-refractivity contribution < 1.29 is 9.59 Å². The van der Waals surface area contributed by atoms with Gasteiger partial charge in [-0.05, 0) is 48.7 Å². The summed E-state index contributed by atoms with van der Waals surface area (Å²) in [7, 11) is 0. The molecule has 0 unspecified atom stereocenters. The van der Waals surface area contributed by atoms with Gasteiger partial charge in [0.15, 0.2) is 0 Å². The number of hydrogen-bond donors (Lipinski definition) is 2. The van der Waals surface area contributed by atoms with E-state index in [2.05, 4.69) is 10.6 Å². The van der Waals surface area contributed by atoms with Crippen molar-refractivity contribution in [2.45, 2.75) is 20.8 Å². The van der Waals surface area contributed by atoms with Crippen LogP contribution in [0.5, 0.6) is 0 Å². The highest BCUT2D eigenvalue weighted by Crippen LogP contribution is 2.23. The Kier molecular flexibility index (Phi) is 5.31. The normalized spacial score (nSPS) is 10.6. The number of benzene rings is 2. The van der Waals surface area contributed by atoms with E-state index in [-0.39, 0.29) is 11.8 Å². The van der Waals surface area contributed by atoms with Crippen molar-refractivity contribution in [2.24, 2.45) is 0 Å². The largest absolute Gasteiger partial charge is 0.326 e. The molecule has 2 aromatic carbocycles. The summed E-state index contributed by atoms with van der Waals surface area (Å²) in [5, 5.41) is 5.58. The Bertz CT molecular complexity index is 764. The van der Waals surface area contributed by atoms with Gasteiger partial charge in [0.25, 0.3) is 0 Å².